The number of anilines is 1. The third-order valence-corrected chi connectivity index (χ3v) is 6.57. The minimum absolute atomic E-state index is 0.0868. The summed E-state index contributed by atoms with van der Waals surface area (Å²) in [6, 6.07) is 2.84. The number of carbonyl (C=O) groups is 1. The summed E-state index contributed by atoms with van der Waals surface area (Å²) in [6.45, 7) is 6.18. The third-order valence-electron chi connectivity index (χ3n) is 6.57. The highest BCUT2D eigenvalue weighted by molar-refractivity contribution is 5.93. The molecule has 5 rings (SSSR count). The fourth-order valence-electron chi connectivity index (χ4n) is 4.81. The zero-order chi connectivity index (χ0) is 23.1. The lowest BCUT2D eigenvalue weighted by molar-refractivity contribution is 0.0693. The molecular formula is C24H26FN3O5. The first kappa shape index (κ1) is 21.5. The Kier molecular flexibility index (Phi) is 5.57. The van der Waals surface area contributed by atoms with E-state index in [1.165, 1.54) is 12.3 Å². The molecular weight excluding hydrogens is 429 g/mol. The lowest BCUT2D eigenvalue weighted by Gasteiger charge is -2.37. The standard InChI is InChI=1S/C24H26FN3O5/c1-2-27-13-17(24(30)31)22(29)16-10-18(25)20(11-19(16)27)28-8-6-26(7-9-28)12-15-4-3-5-21-23(15)33-14-32-21/h4,10-11,13H,2-3,5-9,12,14H2,1H3,(H,30,31). The second-order valence-corrected chi connectivity index (χ2v) is 8.47. The van der Waals surface area contributed by atoms with Crippen LogP contribution in [-0.4, -0.2) is 60.1 Å². The number of nitrogens with zero attached hydrogens (tertiary/aromatic N) is 3. The van der Waals surface area contributed by atoms with Crippen molar-refractivity contribution in [2.24, 2.45) is 0 Å². The number of carboxylic acid groups (broad SMARTS) is 1. The van der Waals surface area contributed by atoms with Gasteiger partial charge in [-0.05, 0) is 25.5 Å². The van der Waals surface area contributed by atoms with Gasteiger partial charge in [-0.1, -0.05) is 6.08 Å². The van der Waals surface area contributed by atoms with Gasteiger partial charge in [-0.15, -0.1) is 0 Å². The van der Waals surface area contributed by atoms with Gasteiger partial charge in [0.25, 0.3) is 0 Å². The summed E-state index contributed by atoms with van der Waals surface area (Å²) < 4.78 is 27.9. The molecule has 0 saturated carbocycles. The van der Waals surface area contributed by atoms with Gasteiger partial charge in [-0.2, -0.15) is 0 Å². The van der Waals surface area contributed by atoms with Crippen molar-refractivity contribution >= 4 is 22.6 Å². The van der Waals surface area contributed by atoms with E-state index in [2.05, 4.69) is 11.0 Å². The van der Waals surface area contributed by atoms with E-state index in [9.17, 15) is 14.7 Å². The van der Waals surface area contributed by atoms with Crippen molar-refractivity contribution in [2.75, 3.05) is 44.4 Å². The van der Waals surface area contributed by atoms with E-state index >= 15 is 4.39 Å². The summed E-state index contributed by atoms with van der Waals surface area (Å²) >= 11 is 0. The van der Waals surface area contributed by atoms with E-state index in [0.29, 0.717) is 30.8 Å². The number of aromatic nitrogens is 1. The van der Waals surface area contributed by atoms with Gasteiger partial charge < -0.3 is 24.0 Å². The number of benzene rings is 1. The van der Waals surface area contributed by atoms with Gasteiger partial charge in [-0.3, -0.25) is 9.69 Å². The number of rotatable bonds is 5. The fourth-order valence-corrected chi connectivity index (χ4v) is 4.81. The Morgan fingerprint density at radius 3 is 2.70 bits per heavy atom. The first-order valence-corrected chi connectivity index (χ1v) is 11.2. The Balaban J connectivity index is 1.36. The van der Waals surface area contributed by atoms with Crippen LogP contribution in [0.15, 0.2) is 46.3 Å². The number of hydrogen-bond acceptors (Lipinski definition) is 6. The summed E-state index contributed by atoms with van der Waals surface area (Å²) in [6.07, 6.45) is 5.37. The molecule has 0 radical (unpaired) electrons. The lowest BCUT2D eigenvalue weighted by Crippen LogP contribution is -2.47. The van der Waals surface area contributed by atoms with Crippen LogP contribution in [0.3, 0.4) is 0 Å². The van der Waals surface area contributed by atoms with Gasteiger partial charge in [-0.25, -0.2) is 9.18 Å². The van der Waals surface area contributed by atoms with Crippen molar-refractivity contribution in [3.8, 4) is 0 Å². The summed E-state index contributed by atoms with van der Waals surface area (Å²) in [4.78, 5) is 28.3. The predicted octanol–water partition coefficient (Wildman–Crippen LogP) is 2.92. The summed E-state index contributed by atoms with van der Waals surface area (Å²) in [5, 5.41) is 9.41. The number of ether oxygens (including phenoxy) is 2. The van der Waals surface area contributed by atoms with E-state index < -0.39 is 17.2 Å². The first-order chi connectivity index (χ1) is 16.0. The molecule has 3 heterocycles. The summed E-state index contributed by atoms with van der Waals surface area (Å²) in [7, 11) is 0. The number of pyridine rings is 1. The summed E-state index contributed by atoms with van der Waals surface area (Å²) in [5.41, 5.74) is 1.11. The van der Waals surface area contributed by atoms with Crippen LogP contribution in [0.1, 0.15) is 30.1 Å². The molecule has 174 valence electrons. The van der Waals surface area contributed by atoms with Crippen molar-refractivity contribution in [3.63, 3.8) is 0 Å². The highest BCUT2D eigenvalue weighted by Gasteiger charge is 2.27. The number of piperazine rings is 1. The second kappa shape index (κ2) is 8.55. The second-order valence-electron chi connectivity index (χ2n) is 8.47. The van der Waals surface area contributed by atoms with Crippen LogP contribution in [0.5, 0.6) is 0 Å². The van der Waals surface area contributed by atoms with Crippen molar-refractivity contribution in [2.45, 2.75) is 26.3 Å². The molecule has 33 heavy (non-hydrogen) atoms. The average molecular weight is 455 g/mol. The maximum Gasteiger partial charge on any atom is 0.341 e. The molecule has 1 aromatic heterocycles. The van der Waals surface area contributed by atoms with Crippen molar-refractivity contribution in [3.05, 3.63) is 63.1 Å². The minimum atomic E-state index is -1.31. The molecule has 0 atom stereocenters. The van der Waals surface area contributed by atoms with Gasteiger partial charge in [0.1, 0.15) is 17.1 Å². The number of carboxylic acids is 1. The minimum Gasteiger partial charge on any atom is -0.477 e. The van der Waals surface area contributed by atoms with Gasteiger partial charge in [0.2, 0.25) is 12.2 Å². The largest absolute Gasteiger partial charge is 0.477 e. The van der Waals surface area contributed by atoms with Crippen molar-refractivity contribution in [1.29, 1.82) is 0 Å². The quantitative estimate of drug-likeness (QED) is 0.742. The van der Waals surface area contributed by atoms with Crippen molar-refractivity contribution in [1.82, 2.24) is 9.47 Å². The van der Waals surface area contributed by atoms with Gasteiger partial charge in [0.15, 0.2) is 5.76 Å². The maximum atomic E-state index is 15.1. The number of aromatic carboxylic acids is 1. The molecule has 2 aromatic rings. The van der Waals surface area contributed by atoms with E-state index in [4.69, 9.17) is 9.47 Å². The number of hydrogen-bond donors (Lipinski definition) is 1. The van der Waals surface area contributed by atoms with Crippen LogP contribution in [0, 0.1) is 5.82 Å². The normalized spacial score (nSPS) is 18.7. The molecule has 0 amide bonds. The molecule has 0 spiro atoms. The van der Waals surface area contributed by atoms with E-state index in [1.54, 1.807) is 10.6 Å². The SMILES string of the molecule is CCn1cc(C(=O)O)c(=O)c2cc(F)c(N3CCN(CC4=CCCC5=C4OCO5)CC3)cc21. The molecule has 1 fully saturated rings. The molecule has 0 bridgehead atoms. The van der Waals surface area contributed by atoms with Crippen LogP contribution in [0.4, 0.5) is 10.1 Å². The maximum absolute atomic E-state index is 15.1. The Labute approximate surface area is 190 Å². The number of fused-ring (bicyclic) bond motifs is 1. The third kappa shape index (κ3) is 3.86. The number of aryl methyl sites for hydroxylation is 1. The van der Waals surface area contributed by atoms with Crippen LogP contribution in [-0.2, 0) is 16.0 Å². The molecule has 0 unspecified atom stereocenters. The van der Waals surface area contributed by atoms with Crippen LogP contribution >= 0.6 is 0 Å². The van der Waals surface area contributed by atoms with Gasteiger partial charge in [0, 0.05) is 62.8 Å². The average Bonchev–Trinajstić information content (AvgIpc) is 3.30. The Morgan fingerprint density at radius 1 is 1.18 bits per heavy atom. The zero-order valence-electron chi connectivity index (χ0n) is 18.5. The molecule has 1 aromatic carbocycles. The number of halogens is 1. The van der Waals surface area contributed by atoms with Crippen LogP contribution in [0.25, 0.3) is 10.9 Å². The van der Waals surface area contributed by atoms with Gasteiger partial charge >= 0.3 is 5.97 Å². The molecule has 1 aliphatic carbocycles. The Hall–Kier alpha value is -3.33. The molecule has 3 aliphatic rings. The molecule has 9 heteroatoms. The Morgan fingerprint density at radius 2 is 1.97 bits per heavy atom. The molecule has 1 N–H and O–H groups in total. The lowest BCUT2D eigenvalue weighted by atomic mass is 10.0. The monoisotopic (exact) mass is 455 g/mol. The zero-order valence-corrected chi connectivity index (χ0v) is 18.5. The van der Waals surface area contributed by atoms with Crippen molar-refractivity contribution < 1.29 is 23.8 Å². The van der Waals surface area contributed by atoms with Crippen LogP contribution < -0.4 is 10.3 Å². The smallest absolute Gasteiger partial charge is 0.341 e. The first-order valence-electron chi connectivity index (χ1n) is 11.2. The predicted molar refractivity (Wildman–Crippen MR) is 121 cm³/mol. The highest BCUT2D eigenvalue weighted by atomic mass is 19.1. The van der Waals surface area contributed by atoms with Crippen LogP contribution in [0.2, 0.25) is 0 Å². The van der Waals surface area contributed by atoms with E-state index in [0.717, 1.165) is 49.6 Å². The molecule has 2 aliphatic heterocycles. The molecule has 8 nitrogen and oxygen atoms in total. The van der Waals surface area contributed by atoms with Gasteiger partial charge in [0.05, 0.1) is 11.2 Å². The van der Waals surface area contributed by atoms with E-state index in [-0.39, 0.29) is 17.7 Å². The fraction of sp³-hybridized carbons (Fsp3) is 0.417. The summed E-state index contributed by atoms with van der Waals surface area (Å²) in [5.74, 6) is -0.00492. The van der Waals surface area contributed by atoms with E-state index in [1.807, 2.05) is 11.8 Å². The Bertz CT molecular complexity index is 1240. The molecule has 1 saturated heterocycles. The highest BCUT2D eigenvalue weighted by Crippen LogP contribution is 2.32. The number of allylic oxidation sites excluding steroid dienone is 2. The topological polar surface area (TPSA) is 84.2 Å².